The van der Waals surface area contributed by atoms with Crippen molar-refractivity contribution in [1.29, 1.82) is 0 Å². The molecular weight excluding hydrogens is 592 g/mol. The second-order valence-electron chi connectivity index (χ2n) is 14.5. The Hall–Kier alpha value is -1.58. The van der Waals surface area contributed by atoms with Gasteiger partial charge in [-0.25, -0.2) is 0 Å². The summed E-state index contributed by atoms with van der Waals surface area (Å²) in [5.41, 5.74) is 0. The van der Waals surface area contributed by atoms with Gasteiger partial charge in [0.25, 0.3) is 0 Å². The van der Waals surface area contributed by atoms with Crippen molar-refractivity contribution in [2.45, 2.75) is 245 Å². The molecule has 0 saturated heterocycles. The first-order chi connectivity index (χ1) is 23.6. The Kier molecular flexibility index (Phi) is 38.5. The van der Waals surface area contributed by atoms with Gasteiger partial charge in [-0.1, -0.05) is 180 Å². The number of carboxylic acids is 1. The predicted octanol–water partition coefficient (Wildman–Crippen LogP) is 14.8. The molecule has 0 aromatic rings. The topological polar surface area (TPSA) is 63.6 Å². The van der Waals surface area contributed by atoms with Gasteiger partial charge >= 0.3 is 11.9 Å². The van der Waals surface area contributed by atoms with E-state index in [9.17, 15) is 9.59 Å². The molecule has 4 nitrogen and oxygen atoms in total. The van der Waals surface area contributed by atoms with Gasteiger partial charge in [0.05, 0.1) is 0 Å². The summed E-state index contributed by atoms with van der Waals surface area (Å²) in [5, 5.41) is 8.78. The fourth-order valence-electron chi connectivity index (χ4n) is 6.44. The molecule has 0 heterocycles. The molecule has 0 radical (unpaired) electrons. The maximum absolute atomic E-state index is 12.6. The second kappa shape index (κ2) is 39.9. The van der Waals surface area contributed by atoms with Crippen LogP contribution in [0.4, 0.5) is 0 Å². The van der Waals surface area contributed by atoms with Crippen LogP contribution in [0.2, 0.25) is 0 Å². The summed E-state index contributed by atoms with van der Waals surface area (Å²) >= 11 is 0. The van der Waals surface area contributed by atoms with Crippen LogP contribution >= 0.6 is 0 Å². The molecule has 0 aliphatic carbocycles. The molecule has 1 unspecified atom stereocenters. The van der Waals surface area contributed by atoms with Gasteiger partial charge in [-0.15, -0.1) is 0 Å². The predicted molar refractivity (Wildman–Crippen MR) is 209 cm³/mol. The first-order valence-electron chi connectivity index (χ1n) is 21.3. The van der Waals surface area contributed by atoms with Gasteiger partial charge < -0.3 is 9.84 Å². The van der Waals surface area contributed by atoms with E-state index in [1.165, 1.54) is 148 Å². The molecule has 0 fully saturated rings. The highest BCUT2D eigenvalue weighted by Gasteiger charge is 2.11. The summed E-state index contributed by atoms with van der Waals surface area (Å²) in [6.45, 7) is 4.54. The minimum Gasteiger partial charge on any atom is -0.481 e. The fourth-order valence-corrected chi connectivity index (χ4v) is 6.44. The zero-order chi connectivity index (χ0) is 35.0. The number of esters is 1. The largest absolute Gasteiger partial charge is 0.481 e. The van der Waals surface area contributed by atoms with E-state index in [-0.39, 0.29) is 18.5 Å². The van der Waals surface area contributed by atoms with Crippen molar-refractivity contribution >= 4 is 11.9 Å². The number of rotatable bonds is 39. The zero-order valence-corrected chi connectivity index (χ0v) is 32.3. The Morgan fingerprint density at radius 1 is 0.458 bits per heavy atom. The Labute approximate surface area is 299 Å². The summed E-state index contributed by atoms with van der Waals surface area (Å²) in [4.78, 5) is 23.3. The lowest BCUT2D eigenvalue weighted by atomic mass is 10.0. The van der Waals surface area contributed by atoms with E-state index < -0.39 is 5.97 Å². The molecule has 4 heteroatoms. The summed E-state index contributed by atoms with van der Waals surface area (Å²) < 4.78 is 5.93. The summed E-state index contributed by atoms with van der Waals surface area (Å²) in [6, 6.07) is 0. The molecule has 0 bridgehead atoms. The van der Waals surface area contributed by atoms with Gasteiger partial charge in [0.2, 0.25) is 0 Å². The monoisotopic (exact) mass is 675 g/mol. The molecule has 0 amide bonds. The number of ether oxygens (including phenoxy) is 1. The maximum Gasteiger partial charge on any atom is 0.306 e. The molecule has 0 aliphatic rings. The highest BCUT2D eigenvalue weighted by molar-refractivity contribution is 5.69. The van der Waals surface area contributed by atoms with Crippen LogP contribution in [0, 0.1) is 0 Å². The minimum absolute atomic E-state index is 0.0373. The molecule has 0 aromatic heterocycles. The molecule has 1 atom stereocenters. The number of carbonyl (C=O) groups excluding carboxylic acids is 1. The van der Waals surface area contributed by atoms with Gasteiger partial charge in [0.15, 0.2) is 0 Å². The lowest BCUT2D eigenvalue weighted by Crippen LogP contribution is -2.16. The Morgan fingerprint density at radius 3 is 1.25 bits per heavy atom. The first-order valence-corrected chi connectivity index (χ1v) is 21.3. The van der Waals surface area contributed by atoms with Gasteiger partial charge in [0.1, 0.15) is 6.10 Å². The van der Waals surface area contributed by atoms with Crippen molar-refractivity contribution in [2.75, 3.05) is 0 Å². The second-order valence-corrected chi connectivity index (χ2v) is 14.5. The lowest BCUT2D eigenvalue weighted by Gasteiger charge is -2.15. The maximum atomic E-state index is 12.6. The van der Waals surface area contributed by atoms with Crippen molar-refractivity contribution in [3.63, 3.8) is 0 Å². The van der Waals surface area contributed by atoms with Crippen LogP contribution in [0.25, 0.3) is 0 Å². The van der Waals surface area contributed by atoms with Gasteiger partial charge in [-0.05, 0) is 70.3 Å². The van der Waals surface area contributed by atoms with E-state index in [2.05, 4.69) is 38.2 Å². The number of aliphatic carboxylic acids is 1. The molecule has 0 rings (SSSR count). The Morgan fingerprint density at radius 2 is 0.812 bits per heavy atom. The molecule has 0 aromatic carbocycles. The normalized spacial score (nSPS) is 12.4. The van der Waals surface area contributed by atoms with Gasteiger partial charge in [0, 0.05) is 12.8 Å². The summed E-state index contributed by atoms with van der Waals surface area (Å²) in [6.07, 6.45) is 50.8. The number of carboxylic acid groups (broad SMARTS) is 1. The molecule has 1 N–H and O–H groups in total. The molecule has 0 saturated carbocycles. The standard InChI is InChI=1S/C44H82O4/c1-3-5-7-9-11-13-14-15-16-17-18-19-20-21-22-23-24-25-27-33-37-41-44(47)48-42(38-34-30-26-12-10-8-6-4-2)39-35-31-28-29-32-36-40-43(45)46/h17-18,34,38,42H,3-16,19-33,35-37,39-41H2,1-2H3,(H,45,46)/b18-17-,38-34-. The van der Waals surface area contributed by atoms with Crippen molar-refractivity contribution in [3.05, 3.63) is 24.3 Å². The average molecular weight is 675 g/mol. The van der Waals surface area contributed by atoms with Gasteiger partial charge in [-0.2, -0.15) is 0 Å². The van der Waals surface area contributed by atoms with Crippen LogP contribution in [0.1, 0.15) is 239 Å². The number of hydrogen-bond acceptors (Lipinski definition) is 3. The van der Waals surface area contributed by atoms with E-state index in [4.69, 9.17) is 9.84 Å². The third-order valence-corrected chi connectivity index (χ3v) is 9.63. The summed E-state index contributed by atoms with van der Waals surface area (Å²) in [5.74, 6) is -0.735. The van der Waals surface area contributed by atoms with E-state index in [0.29, 0.717) is 6.42 Å². The molecule has 0 aliphatic heterocycles. The molecule has 282 valence electrons. The third-order valence-electron chi connectivity index (χ3n) is 9.63. The third kappa shape index (κ3) is 38.9. The number of carbonyl (C=O) groups is 2. The van der Waals surface area contributed by atoms with Crippen LogP contribution in [-0.2, 0) is 14.3 Å². The lowest BCUT2D eigenvalue weighted by molar-refractivity contribution is -0.147. The first kappa shape index (κ1) is 46.4. The van der Waals surface area contributed by atoms with E-state index in [1.54, 1.807) is 0 Å². The summed E-state index contributed by atoms with van der Waals surface area (Å²) in [7, 11) is 0. The molecular formula is C44H82O4. The smallest absolute Gasteiger partial charge is 0.306 e. The molecule has 48 heavy (non-hydrogen) atoms. The van der Waals surface area contributed by atoms with Crippen molar-refractivity contribution in [2.24, 2.45) is 0 Å². The van der Waals surface area contributed by atoms with E-state index >= 15 is 0 Å². The highest BCUT2D eigenvalue weighted by Crippen LogP contribution is 2.16. The highest BCUT2D eigenvalue weighted by atomic mass is 16.5. The molecule has 0 spiro atoms. The van der Waals surface area contributed by atoms with E-state index in [1.807, 2.05) is 0 Å². The van der Waals surface area contributed by atoms with Gasteiger partial charge in [-0.3, -0.25) is 9.59 Å². The van der Waals surface area contributed by atoms with E-state index in [0.717, 1.165) is 64.2 Å². The quantitative estimate of drug-likeness (QED) is 0.0400. The number of unbranched alkanes of at least 4 members (excludes halogenated alkanes) is 28. The Balaban J connectivity index is 3.89. The van der Waals surface area contributed by atoms with Crippen molar-refractivity contribution in [3.8, 4) is 0 Å². The zero-order valence-electron chi connectivity index (χ0n) is 32.3. The van der Waals surface area contributed by atoms with Crippen LogP contribution in [-0.4, -0.2) is 23.1 Å². The number of hydrogen-bond donors (Lipinski definition) is 1. The van der Waals surface area contributed by atoms with Crippen LogP contribution in [0.15, 0.2) is 24.3 Å². The van der Waals surface area contributed by atoms with Crippen molar-refractivity contribution in [1.82, 2.24) is 0 Å². The van der Waals surface area contributed by atoms with Crippen LogP contribution < -0.4 is 0 Å². The average Bonchev–Trinajstić information content (AvgIpc) is 3.07. The SMILES string of the molecule is CCCCCCCC/C=C\C(CCCCCCCCC(=O)O)OC(=O)CCCCCCCCCCC/C=C\CCCCCCCCCC. The minimum atomic E-state index is -0.698. The number of allylic oxidation sites excluding steroid dienone is 3. The fraction of sp³-hybridized carbons (Fsp3) is 0.864. The van der Waals surface area contributed by atoms with Crippen LogP contribution in [0.5, 0.6) is 0 Å². The van der Waals surface area contributed by atoms with Crippen molar-refractivity contribution < 1.29 is 19.4 Å². The Bertz CT molecular complexity index is 727. The van der Waals surface area contributed by atoms with Crippen LogP contribution in [0.3, 0.4) is 0 Å².